The largest absolute Gasteiger partial charge is 0.142 e. The molecule has 1 aromatic heterocycles. The quantitative estimate of drug-likeness (QED) is 0.448. The molecule has 0 fully saturated rings. The van der Waals surface area contributed by atoms with Crippen LogP contribution in [0, 0.1) is 0 Å². The molecule has 2 aromatic carbocycles. The predicted molar refractivity (Wildman–Crippen MR) is 95.7 cm³/mol. The molecule has 0 bridgehead atoms. The van der Waals surface area contributed by atoms with E-state index in [2.05, 4.69) is 57.7 Å². The fourth-order valence-electron chi connectivity index (χ4n) is 3.17. The van der Waals surface area contributed by atoms with Gasteiger partial charge in [0.05, 0.1) is 5.38 Å². The van der Waals surface area contributed by atoms with Crippen molar-refractivity contribution in [3.8, 4) is 0 Å². The number of alkyl halides is 1. The zero-order valence-electron chi connectivity index (χ0n) is 11.4. The maximum Gasteiger partial charge on any atom is 0.0849 e. The van der Waals surface area contributed by atoms with Crippen molar-refractivity contribution in [1.82, 2.24) is 0 Å². The van der Waals surface area contributed by atoms with Gasteiger partial charge in [0.1, 0.15) is 0 Å². The molecule has 4 rings (SSSR count). The third-order valence-electron chi connectivity index (χ3n) is 4.27. The molecule has 0 saturated heterocycles. The third-order valence-corrected chi connectivity index (χ3v) is 6.73. The maximum absolute atomic E-state index is 6.80. The van der Waals surface area contributed by atoms with Crippen LogP contribution in [0.25, 0.3) is 10.1 Å². The molecule has 21 heavy (non-hydrogen) atoms. The van der Waals surface area contributed by atoms with Crippen LogP contribution >= 0.6 is 38.9 Å². The molecule has 3 heteroatoms. The topological polar surface area (TPSA) is 0 Å². The van der Waals surface area contributed by atoms with E-state index in [1.165, 1.54) is 51.6 Å². The molecule has 1 heterocycles. The third kappa shape index (κ3) is 2.34. The Morgan fingerprint density at radius 1 is 1.10 bits per heavy atom. The summed E-state index contributed by atoms with van der Waals surface area (Å²) >= 11 is 12.2. The van der Waals surface area contributed by atoms with Gasteiger partial charge in [-0.3, -0.25) is 0 Å². The average molecular weight is 378 g/mol. The maximum atomic E-state index is 6.80. The second kappa shape index (κ2) is 5.42. The molecular weight excluding hydrogens is 364 g/mol. The summed E-state index contributed by atoms with van der Waals surface area (Å²) in [5.41, 5.74) is 5.42. The zero-order valence-corrected chi connectivity index (χ0v) is 14.6. The number of fused-ring (bicyclic) bond motifs is 2. The van der Waals surface area contributed by atoms with Crippen molar-refractivity contribution >= 4 is 49.0 Å². The van der Waals surface area contributed by atoms with Gasteiger partial charge < -0.3 is 0 Å². The second-order valence-corrected chi connectivity index (χ2v) is 7.72. The van der Waals surface area contributed by atoms with Crippen molar-refractivity contribution in [3.63, 3.8) is 0 Å². The fourth-order valence-corrected chi connectivity index (χ4v) is 5.21. The molecule has 0 amide bonds. The molecule has 3 aromatic rings. The van der Waals surface area contributed by atoms with E-state index >= 15 is 0 Å². The summed E-state index contributed by atoms with van der Waals surface area (Å²) in [5.74, 6) is 0. The summed E-state index contributed by atoms with van der Waals surface area (Å²) in [5, 5.41) is 3.38. The van der Waals surface area contributed by atoms with Gasteiger partial charge in [-0.25, -0.2) is 0 Å². The molecule has 1 atom stereocenters. The van der Waals surface area contributed by atoms with Gasteiger partial charge in [0.15, 0.2) is 0 Å². The SMILES string of the molecule is ClC(c1ccc2c(c1)CCC2)c1csc2c(Br)cccc12. The zero-order chi connectivity index (χ0) is 14.4. The Morgan fingerprint density at radius 2 is 1.95 bits per heavy atom. The Balaban J connectivity index is 1.79. The normalized spacial score (nSPS) is 15.3. The molecule has 0 spiro atoms. The lowest BCUT2D eigenvalue weighted by Crippen LogP contribution is -1.94. The van der Waals surface area contributed by atoms with Gasteiger partial charge in [0.25, 0.3) is 0 Å². The summed E-state index contributed by atoms with van der Waals surface area (Å²) in [6.07, 6.45) is 3.69. The summed E-state index contributed by atoms with van der Waals surface area (Å²) in [4.78, 5) is 0. The molecule has 1 aliphatic rings. The van der Waals surface area contributed by atoms with Crippen LogP contribution in [0.2, 0.25) is 0 Å². The van der Waals surface area contributed by atoms with Crippen molar-refractivity contribution < 1.29 is 0 Å². The van der Waals surface area contributed by atoms with Gasteiger partial charge in [-0.2, -0.15) is 0 Å². The van der Waals surface area contributed by atoms with Crippen molar-refractivity contribution in [2.24, 2.45) is 0 Å². The highest BCUT2D eigenvalue weighted by Crippen LogP contribution is 2.40. The first-order chi connectivity index (χ1) is 10.2. The standard InChI is InChI=1S/C18H14BrClS/c19-16-6-2-5-14-15(10-21-18(14)16)17(20)13-8-7-11-3-1-4-12(11)9-13/h2,5-10,17H,1,3-4H2. The van der Waals surface area contributed by atoms with Gasteiger partial charge in [-0.15, -0.1) is 22.9 Å². The van der Waals surface area contributed by atoms with Crippen molar-refractivity contribution in [2.75, 3.05) is 0 Å². The van der Waals surface area contributed by atoms with Gasteiger partial charge in [0, 0.05) is 9.17 Å². The molecule has 0 nitrogen and oxygen atoms in total. The van der Waals surface area contributed by atoms with E-state index in [4.69, 9.17) is 11.6 Å². The minimum absolute atomic E-state index is 0.0704. The van der Waals surface area contributed by atoms with Crippen molar-refractivity contribution in [2.45, 2.75) is 24.6 Å². The molecular formula is C18H14BrClS. The van der Waals surface area contributed by atoms with Gasteiger partial charge in [0.2, 0.25) is 0 Å². The number of hydrogen-bond donors (Lipinski definition) is 0. The lowest BCUT2D eigenvalue weighted by molar-refractivity contribution is 0.911. The summed E-state index contributed by atoms with van der Waals surface area (Å²) < 4.78 is 2.42. The molecule has 0 aliphatic heterocycles. The van der Waals surface area contributed by atoms with Gasteiger partial charge >= 0.3 is 0 Å². The highest BCUT2D eigenvalue weighted by molar-refractivity contribution is 9.10. The van der Waals surface area contributed by atoms with Crippen LogP contribution in [-0.4, -0.2) is 0 Å². The molecule has 0 N–H and O–H groups in total. The Hall–Kier alpha value is -0.830. The first-order valence-corrected chi connectivity index (χ1v) is 9.26. The Kier molecular flexibility index (Phi) is 3.56. The number of halogens is 2. The highest BCUT2D eigenvalue weighted by Gasteiger charge is 2.19. The number of hydrogen-bond acceptors (Lipinski definition) is 1. The van der Waals surface area contributed by atoms with Crippen LogP contribution in [0.1, 0.15) is 34.1 Å². The molecule has 0 saturated carbocycles. The number of rotatable bonds is 2. The van der Waals surface area contributed by atoms with Crippen molar-refractivity contribution in [3.05, 3.63) is 68.5 Å². The highest BCUT2D eigenvalue weighted by atomic mass is 79.9. The van der Waals surface area contributed by atoms with Crippen LogP contribution < -0.4 is 0 Å². The molecule has 106 valence electrons. The monoisotopic (exact) mass is 376 g/mol. The molecule has 1 aliphatic carbocycles. The van der Waals surface area contributed by atoms with E-state index in [-0.39, 0.29) is 5.38 Å². The predicted octanol–water partition coefficient (Wildman–Crippen LogP) is 6.48. The van der Waals surface area contributed by atoms with Gasteiger partial charge in [-0.1, -0.05) is 30.3 Å². The Labute approximate surface area is 141 Å². The molecule has 1 unspecified atom stereocenters. The van der Waals surface area contributed by atoms with Crippen LogP contribution in [0.3, 0.4) is 0 Å². The Morgan fingerprint density at radius 3 is 2.86 bits per heavy atom. The smallest absolute Gasteiger partial charge is 0.0849 e. The molecule has 0 radical (unpaired) electrons. The van der Waals surface area contributed by atoms with E-state index in [9.17, 15) is 0 Å². The fraction of sp³-hybridized carbons (Fsp3) is 0.222. The van der Waals surface area contributed by atoms with E-state index in [1.54, 1.807) is 11.3 Å². The number of benzene rings is 2. The van der Waals surface area contributed by atoms with E-state index in [0.29, 0.717) is 0 Å². The van der Waals surface area contributed by atoms with E-state index in [1.807, 2.05) is 0 Å². The second-order valence-electron chi connectivity index (χ2n) is 5.55. The average Bonchev–Trinajstić information content (AvgIpc) is 3.13. The number of thiophene rings is 1. The lowest BCUT2D eigenvalue weighted by Gasteiger charge is -2.11. The van der Waals surface area contributed by atoms with Crippen LogP contribution in [0.15, 0.2) is 46.3 Å². The van der Waals surface area contributed by atoms with Crippen molar-refractivity contribution in [1.29, 1.82) is 0 Å². The van der Waals surface area contributed by atoms with E-state index < -0.39 is 0 Å². The van der Waals surface area contributed by atoms with Gasteiger partial charge in [-0.05, 0) is 74.3 Å². The minimum Gasteiger partial charge on any atom is -0.142 e. The number of aryl methyl sites for hydroxylation is 2. The first-order valence-electron chi connectivity index (χ1n) is 7.15. The van der Waals surface area contributed by atoms with Crippen LogP contribution in [0.5, 0.6) is 0 Å². The van der Waals surface area contributed by atoms with Crippen LogP contribution in [-0.2, 0) is 12.8 Å². The summed E-state index contributed by atoms with van der Waals surface area (Å²) in [6, 6.07) is 13.1. The van der Waals surface area contributed by atoms with E-state index in [0.717, 1.165) is 4.47 Å². The lowest BCUT2D eigenvalue weighted by atomic mass is 10.00. The summed E-state index contributed by atoms with van der Waals surface area (Å²) in [7, 11) is 0. The summed E-state index contributed by atoms with van der Waals surface area (Å²) in [6.45, 7) is 0. The van der Waals surface area contributed by atoms with Crippen LogP contribution in [0.4, 0.5) is 0 Å². The first kappa shape index (κ1) is 13.8. The minimum atomic E-state index is -0.0704. The Bertz CT molecular complexity index is 821.